The SMILES string of the molecule is C=C(C)[C@H](O)[C@@H](C)C(=O)OCC. The number of carbonyl (C=O) groups excluding carboxylic acids is 1. The zero-order valence-corrected chi connectivity index (χ0v) is 7.83. The van der Waals surface area contributed by atoms with Crippen LogP contribution in [0.5, 0.6) is 0 Å². The first-order valence-electron chi connectivity index (χ1n) is 4.00. The van der Waals surface area contributed by atoms with Crippen molar-refractivity contribution in [1.29, 1.82) is 0 Å². The Labute approximate surface area is 73.0 Å². The lowest BCUT2D eigenvalue weighted by Gasteiger charge is -2.16. The van der Waals surface area contributed by atoms with E-state index in [0.717, 1.165) is 0 Å². The fourth-order valence-corrected chi connectivity index (χ4v) is 0.829. The fourth-order valence-electron chi connectivity index (χ4n) is 0.829. The van der Waals surface area contributed by atoms with E-state index in [-0.39, 0.29) is 5.97 Å². The van der Waals surface area contributed by atoms with Crippen molar-refractivity contribution in [3.8, 4) is 0 Å². The normalized spacial score (nSPS) is 15.0. The van der Waals surface area contributed by atoms with Crippen molar-refractivity contribution in [3.63, 3.8) is 0 Å². The maximum absolute atomic E-state index is 11.1. The molecule has 2 atom stereocenters. The molecule has 0 aliphatic heterocycles. The number of hydrogen-bond donors (Lipinski definition) is 1. The van der Waals surface area contributed by atoms with Crippen LogP contribution in [0, 0.1) is 5.92 Å². The third kappa shape index (κ3) is 3.05. The smallest absolute Gasteiger partial charge is 0.311 e. The summed E-state index contributed by atoms with van der Waals surface area (Å²) in [6, 6.07) is 0. The highest BCUT2D eigenvalue weighted by Crippen LogP contribution is 2.11. The molecule has 12 heavy (non-hydrogen) atoms. The minimum absolute atomic E-state index is 0.339. The summed E-state index contributed by atoms with van der Waals surface area (Å²) in [5, 5.41) is 9.39. The van der Waals surface area contributed by atoms with Crippen LogP contribution in [0.2, 0.25) is 0 Å². The molecule has 0 aromatic rings. The number of aliphatic hydroxyl groups excluding tert-OH is 1. The van der Waals surface area contributed by atoms with Crippen LogP contribution in [0.15, 0.2) is 12.2 Å². The van der Waals surface area contributed by atoms with E-state index in [4.69, 9.17) is 4.74 Å². The maximum atomic E-state index is 11.1. The molecule has 0 unspecified atom stereocenters. The highest BCUT2D eigenvalue weighted by Gasteiger charge is 2.23. The Balaban J connectivity index is 4.09. The van der Waals surface area contributed by atoms with Crippen LogP contribution in [0.25, 0.3) is 0 Å². The molecule has 0 aromatic carbocycles. The van der Waals surface area contributed by atoms with E-state index in [1.165, 1.54) is 0 Å². The van der Waals surface area contributed by atoms with Gasteiger partial charge in [-0.3, -0.25) is 4.79 Å². The average molecular weight is 172 g/mol. The van der Waals surface area contributed by atoms with Crippen LogP contribution < -0.4 is 0 Å². The Kier molecular flexibility index (Phi) is 4.59. The molecule has 0 rings (SSSR count). The molecule has 0 bridgehead atoms. The van der Waals surface area contributed by atoms with Gasteiger partial charge >= 0.3 is 5.97 Å². The van der Waals surface area contributed by atoms with Gasteiger partial charge in [-0.05, 0) is 20.8 Å². The summed E-state index contributed by atoms with van der Waals surface area (Å²) in [6.45, 7) is 8.94. The van der Waals surface area contributed by atoms with Crippen molar-refractivity contribution < 1.29 is 14.6 Å². The summed E-state index contributed by atoms with van der Waals surface area (Å²) in [4.78, 5) is 11.1. The Bertz CT molecular complexity index is 175. The highest BCUT2D eigenvalue weighted by molar-refractivity contribution is 5.73. The van der Waals surface area contributed by atoms with Crippen molar-refractivity contribution in [3.05, 3.63) is 12.2 Å². The number of hydrogen-bond acceptors (Lipinski definition) is 3. The van der Waals surface area contributed by atoms with Crippen molar-refractivity contribution >= 4 is 5.97 Å². The molecule has 0 saturated carbocycles. The summed E-state index contributed by atoms with van der Waals surface area (Å²) < 4.78 is 4.73. The minimum atomic E-state index is -0.802. The Hall–Kier alpha value is -0.830. The fraction of sp³-hybridized carbons (Fsp3) is 0.667. The summed E-state index contributed by atoms with van der Waals surface area (Å²) in [6.07, 6.45) is -0.802. The molecule has 1 N–H and O–H groups in total. The van der Waals surface area contributed by atoms with E-state index in [9.17, 15) is 9.90 Å². The molecule has 3 heteroatoms. The molecular formula is C9H16O3. The predicted molar refractivity (Wildman–Crippen MR) is 46.6 cm³/mol. The zero-order valence-electron chi connectivity index (χ0n) is 7.83. The first kappa shape index (κ1) is 11.2. The molecule has 0 saturated heterocycles. The number of aliphatic hydroxyl groups is 1. The van der Waals surface area contributed by atoms with E-state index < -0.39 is 12.0 Å². The van der Waals surface area contributed by atoms with E-state index in [1.54, 1.807) is 20.8 Å². The monoisotopic (exact) mass is 172 g/mol. The molecule has 0 heterocycles. The predicted octanol–water partition coefficient (Wildman–Crippen LogP) is 1.12. The zero-order chi connectivity index (χ0) is 9.72. The second-order valence-electron chi connectivity index (χ2n) is 2.83. The Morgan fingerprint density at radius 3 is 2.50 bits per heavy atom. The first-order chi connectivity index (χ1) is 5.50. The van der Waals surface area contributed by atoms with Crippen molar-refractivity contribution in [1.82, 2.24) is 0 Å². The number of carbonyl (C=O) groups is 1. The Morgan fingerprint density at radius 1 is 1.67 bits per heavy atom. The van der Waals surface area contributed by atoms with Gasteiger partial charge in [0, 0.05) is 0 Å². The van der Waals surface area contributed by atoms with Crippen LogP contribution in [0.3, 0.4) is 0 Å². The standard InChI is InChI=1S/C9H16O3/c1-5-12-9(11)7(4)8(10)6(2)3/h7-8,10H,2,5H2,1,3-4H3/t7-,8+/m1/s1. The highest BCUT2D eigenvalue weighted by atomic mass is 16.5. The van der Waals surface area contributed by atoms with E-state index in [1.807, 2.05) is 0 Å². The number of ether oxygens (including phenoxy) is 1. The van der Waals surface area contributed by atoms with Gasteiger partial charge in [0.25, 0.3) is 0 Å². The van der Waals surface area contributed by atoms with Gasteiger partial charge in [-0.25, -0.2) is 0 Å². The summed E-state index contributed by atoms with van der Waals surface area (Å²) >= 11 is 0. The summed E-state index contributed by atoms with van der Waals surface area (Å²) in [5.74, 6) is -0.907. The second-order valence-corrected chi connectivity index (χ2v) is 2.83. The van der Waals surface area contributed by atoms with Gasteiger partial charge in [0.2, 0.25) is 0 Å². The van der Waals surface area contributed by atoms with Gasteiger partial charge in [-0.15, -0.1) is 0 Å². The molecule has 0 amide bonds. The van der Waals surface area contributed by atoms with Gasteiger partial charge < -0.3 is 9.84 Å². The molecule has 3 nitrogen and oxygen atoms in total. The molecule has 70 valence electrons. The third-order valence-corrected chi connectivity index (χ3v) is 1.64. The molecule has 0 spiro atoms. The van der Waals surface area contributed by atoms with Crippen molar-refractivity contribution in [2.75, 3.05) is 6.61 Å². The second kappa shape index (κ2) is 4.93. The van der Waals surface area contributed by atoms with Crippen LogP contribution in [0.1, 0.15) is 20.8 Å². The van der Waals surface area contributed by atoms with Gasteiger partial charge in [0.1, 0.15) is 0 Å². The topological polar surface area (TPSA) is 46.5 Å². The van der Waals surface area contributed by atoms with Crippen LogP contribution in [-0.4, -0.2) is 23.8 Å². The van der Waals surface area contributed by atoms with E-state index in [2.05, 4.69) is 6.58 Å². The molecule has 0 fully saturated rings. The summed E-state index contributed by atoms with van der Waals surface area (Å²) in [5.41, 5.74) is 0.579. The lowest BCUT2D eigenvalue weighted by Crippen LogP contribution is -2.27. The van der Waals surface area contributed by atoms with Crippen molar-refractivity contribution in [2.45, 2.75) is 26.9 Å². The molecule has 0 aromatic heterocycles. The van der Waals surface area contributed by atoms with E-state index in [0.29, 0.717) is 12.2 Å². The van der Waals surface area contributed by atoms with Crippen LogP contribution in [-0.2, 0) is 9.53 Å². The lowest BCUT2D eigenvalue weighted by molar-refractivity contribution is -0.150. The first-order valence-corrected chi connectivity index (χ1v) is 4.00. The number of rotatable bonds is 4. The maximum Gasteiger partial charge on any atom is 0.311 e. The average Bonchev–Trinajstić information content (AvgIpc) is 2.02. The third-order valence-electron chi connectivity index (χ3n) is 1.64. The van der Waals surface area contributed by atoms with Gasteiger partial charge in [-0.2, -0.15) is 0 Å². The van der Waals surface area contributed by atoms with Gasteiger partial charge in [0.15, 0.2) is 0 Å². The van der Waals surface area contributed by atoms with Gasteiger partial charge in [0.05, 0.1) is 18.6 Å². The largest absolute Gasteiger partial charge is 0.466 e. The Morgan fingerprint density at radius 2 is 2.17 bits per heavy atom. The van der Waals surface area contributed by atoms with Gasteiger partial charge in [-0.1, -0.05) is 12.2 Å². The van der Waals surface area contributed by atoms with E-state index >= 15 is 0 Å². The quantitative estimate of drug-likeness (QED) is 0.510. The van der Waals surface area contributed by atoms with Crippen LogP contribution >= 0.6 is 0 Å². The number of esters is 1. The molecule has 0 aliphatic rings. The lowest BCUT2D eigenvalue weighted by atomic mass is 10.00. The molecule has 0 radical (unpaired) electrons. The van der Waals surface area contributed by atoms with Crippen molar-refractivity contribution in [2.24, 2.45) is 5.92 Å². The summed E-state index contributed by atoms with van der Waals surface area (Å²) in [7, 11) is 0. The molecule has 0 aliphatic carbocycles. The minimum Gasteiger partial charge on any atom is -0.466 e. The van der Waals surface area contributed by atoms with Crippen LogP contribution in [0.4, 0.5) is 0 Å². The molecular weight excluding hydrogens is 156 g/mol.